The van der Waals surface area contributed by atoms with Gasteiger partial charge in [-0.3, -0.25) is 0 Å². The van der Waals surface area contributed by atoms with Crippen molar-refractivity contribution in [3.8, 4) is 0 Å². The Bertz CT molecular complexity index is 562. The first kappa shape index (κ1) is 17.3. The summed E-state index contributed by atoms with van der Waals surface area (Å²) >= 11 is 0. The Balaban J connectivity index is 1.28. The van der Waals surface area contributed by atoms with Gasteiger partial charge in [0, 0.05) is 25.4 Å². The maximum atomic E-state index is 6.07. The van der Waals surface area contributed by atoms with Crippen LogP contribution in [0.25, 0.3) is 0 Å². The van der Waals surface area contributed by atoms with Gasteiger partial charge in [-0.2, -0.15) is 0 Å². The van der Waals surface area contributed by atoms with Crippen molar-refractivity contribution in [3.05, 3.63) is 23.9 Å². The number of hydrogen-bond acceptors (Lipinski definition) is 5. The third-order valence-electron chi connectivity index (χ3n) is 5.91. The zero-order chi connectivity index (χ0) is 17.1. The van der Waals surface area contributed by atoms with Crippen LogP contribution in [0.1, 0.15) is 31.4 Å². The minimum Gasteiger partial charge on any atom is -0.380 e. The fourth-order valence-electron chi connectivity index (χ4n) is 4.61. The molecule has 4 rings (SSSR count). The molecule has 25 heavy (non-hydrogen) atoms. The summed E-state index contributed by atoms with van der Waals surface area (Å²) in [4.78, 5) is 9.72. The summed E-state index contributed by atoms with van der Waals surface area (Å²) in [6.07, 6.45) is 5.32. The van der Waals surface area contributed by atoms with E-state index in [4.69, 9.17) is 14.5 Å². The summed E-state index contributed by atoms with van der Waals surface area (Å²) in [5.41, 5.74) is 1.08. The van der Waals surface area contributed by atoms with E-state index in [1.165, 1.54) is 25.9 Å². The molecule has 3 atom stereocenters. The molecule has 0 aromatic carbocycles. The predicted molar refractivity (Wildman–Crippen MR) is 99.1 cm³/mol. The van der Waals surface area contributed by atoms with E-state index in [9.17, 15) is 0 Å². The largest absolute Gasteiger partial charge is 0.380 e. The van der Waals surface area contributed by atoms with Crippen LogP contribution in [0.4, 0.5) is 5.82 Å². The average Bonchev–Trinajstić information content (AvgIpc) is 3.27. The molecule has 1 saturated carbocycles. The highest BCUT2D eigenvalue weighted by Gasteiger charge is 2.41. The quantitative estimate of drug-likeness (QED) is 0.741. The molecule has 0 amide bonds. The van der Waals surface area contributed by atoms with Crippen LogP contribution in [0.15, 0.2) is 18.2 Å². The van der Waals surface area contributed by atoms with Crippen LogP contribution in [0.5, 0.6) is 0 Å². The first-order chi connectivity index (χ1) is 12.3. The number of hydrogen-bond donors (Lipinski definition) is 0. The SMILES string of the molecule is Cc1cccc(N2CCO[C@@H]3C[C@@H](COCCN4CCCC4)C[C@@H]32)n1. The number of morpholine rings is 1. The maximum Gasteiger partial charge on any atom is 0.129 e. The zero-order valence-electron chi connectivity index (χ0n) is 15.4. The fourth-order valence-corrected chi connectivity index (χ4v) is 4.61. The van der Waals surface area contributed by atoms with Gasteiger partial charge in [0.25, 0.3) is 0 Å². The van der Waals surface area contributed by atoms with E-state index in [2.05, 4.69) is 34.9 Å². The van der Waals surface area contributed by atoms with Gasteiger partial charge in [0.1, 0.15) is 5.82 Å². The predicted octanol–water partition coefficient (Wildman–Crippen LogP) is 2.49. The van der Waals surface area contributed by atoms with Crippen molar-refractivity contribution in [1.29, 1.82) is 0 Å². The van der Waals surface area contributed by atoms with Gasteiger partial charge in [-0.1, -0.05) is 6.07 Å². The number of ether oxygens (including phenoxy) is 2. The van der Waals surface area contributed by atoms with Gasteiger partial charge in [-0.05, 0) is 63.7 Å². The molecule has 0 radical (unpaired) electrons. The summed E-state index contributed by atoms with van der Waals surface area (Å²) in [6.45, 7) is 9.16. The van der Waals surface area contributed by atoms with E-state index < -0.39 is 0 Å². The van der Waals surface area contributed by atoms with Crippen LogP contribution in [0, 0.1) is 12.8 Å². The third-order valence-corrected chi connectivity index (χ3v) is 5.91. The number of aromatic nitrogens is 1. The van der Waals surface area contributed by atoms with Gasteiger partial charge in [0.15, 0.2) is 0 Å². The summed E-state index contributed by atoms with van der Waals surface area (Å²) in [7, 11) is 0. The minimum atomic E-state index is 0.336. The topological polar surface area (TPSA) is 37.8 Å². The van der Waals surface area contributed by atoms with E-state index >= 15 is 0 Å². The lowest BCUT2D eigenvalue weighted by Crippen LogP contribution is -2.49. The number of aryl methyl sites for hydroxylation is 1. The van der Waals surface area contributed by atoms with Crippen molar-refractivity contribution >= 4 is 5.82 Å². The first-order valence-electron chi connectivity index (χ1n) is 9.91. The molecule has 1 aliphatic carbocycles. The van der Waals surface area contributed by atoms with E-state index in [-0.39, 0.29) is 0 Å². The Morgan fingerprint density at radius 1 is 1.20 bits per heavy atom. The van der Waals surface area contributed by atoms with Crippen molar-refractivity contribution < 1.29 is 9.47 Å². The molecule has 5 nitrogen and oxygen atoms in total. The molecule has 3 fully saturated rings. The fraction of sp³-hybridized carbons (Fsp3) is 0.750. The van der Waals surface area contributed by atoms with Gasteiger partial charge in [0.05, 0.1) is 25.4 Å². The second-order valence-corrected chi connectivity index (χ2v) is 7.77. The molecule has 0 N–H and O–H groups in total. The molecule has 2 aliphatic heterocycles. The molecule has 138 valence electrons. The standard InChI is InChI=1S/C20H31N3O2/c1-16-5-4-6-20(21-16)23-10-12-25-19-14-17(13-18(19)23)15-24-11-9-22-7-2-3-8-22/h4-6,17-19H,2-3,7-15H2,1H3/t17-,18-,19+/m0/s1. The molecule has 3 aliphatic rings. The lowest BCUT2D eigenvalue weighted by molar-refractivity contribution is 0.0204. The summed E-state index contributed by atoms with van der Waals surface area (Å²) < 4.78 is 12.1. The molecule has 0 bridgehead atoms. The summed E-state index contributed by atoms with van der Waals surface area (Å²) in [6, 6.07) is 6.76. The molecule has 5 heteroatoms. The van der Waals surface area contributed by atoms with Crippen molar-refractivity contribution in [2.45, 2.75) is 44.8 Å². The number of pyridine rings is 1. The molecular formula is C20H31N3O2. The normalized spacial score (nSPS) is 30.0. The minimum absolute atomic E-state index is 0.336. The van der Waals surface area contributed by atoms with E-state index in [0.717, 1.165) is 57.3 Å². The molecule has 0 spiro atoms. The first-order valence-corrected chi connectivity index (χ1v) is 9.91. The highest BCUT2D eigenvalue weighted by atomic mass is 16.5. The number of rotatable bonds is 6. The van der Waals surface area contributed by atoms with E-state index in [1.54, 1.807) is 0 Å². The van der Waals surface area contributed by atoms with Crippen LogP contribution in [0.2, 0.25) is 0 Å². The number of nitrogens with zero attached hydrogens (tertiary/aromatic N) is 3. The smallest absolute Gasteiger partial charge is 0.129 e. The highest BCUT2D eigenvalue weighted by molar-refractivity contribution is 5.42. The second-order valence-electron chi connectivity index (χ2n) is 7.77. The Labute approximate surface area is 151 Å². The van der Waals surface area contributed by atoms with Crippen LogP contribution < -0.4 is 4.90 Å². The van der Waals surface area contributed by atoms with Gasteiger partial charge < -0.3 is 19.3 Å². The zero-order valence-corrected chi connectivity index (χ0v) is 15.4. The average molecular weight is 345 g/mol. The lowest BCUT2D eigenvalue weighted by atomic mass is 10.1. The molecule has 0 unspecified atom stereocenters. The van der Waals surface area contributed by atoms with E-state index in [1.807, 2.05) is 0 Å². The third kappa shape index (κ3) is 4.15. The van der Waals surface area contributed by atoms with Crippen LogP contribution in [-0.2, 0) is 9.47 Å². The number of likely N-dealkylation sites (tertiary alicyclic amines) is 1. The molecule has 3 heterocycles. The van der Waals surface area contributed by atoms with Crippen molar-refractivity contribution in [2.24, 2.45) is 5.92 Å². The summed E-state index contributed by atoms with van der Waals surface area (Å²) in [5.74, 6) is 1.72. The van der Waals surface area contributed by atoms with Crippen LogP contribution in [-0.4, -0.2) is 68.0 Å². The van der Waals surface area contributed by atoms with Crippen molar-refractivity contribution in [1.82, 2.24) is 9.88 Å². The van der Waals surface area contributed by atoms with Gasteiger partial charge >= 0.3 is 0 Å². The number of fused-ring (bicyclic) bond motifs is 1. The molecular weight excluding hydrogens is 314 g/mol. The van der Waals surface area contributed by atoms with Gasteiger partial charge in [-0.15, -0.1) is 0 Å². The number of anilines is 1. The Morgan fingerprint density at radius 3 is 2.92 bits per heavy atom. The molecule has 1 aromatic rings. The molecule has 1 aromatic heterocycles. The second kappa shape index (κ2) is 8.02. The van der Waals surface area contributed by atoms with Gasteiger partial charge in [0.2, 0.25) is 0 Å². The van der Waals surface area contributed by atoms with Crippen LogP contribution in [0.3, 0.4) is 0 Å². The van der Waals surface area contributed by atoms with Crippen molar-refractivity contribution in [3.63, 3.8) is 0 Å². The maximum absolute atomic E-state index is 6.07. The monoisotopic (exact) mass is 345 g/mol. The van der Waals surface area contributed by atoms with Gasteiger partial charge in [-0.25, -0.2) is 4.98 Å². The molecule has 2 saturated heterocycles. The summed E-state index contributed by atoms with van der Waals surface area (Å²) in [5, 5.41) is 0. The van der Waals surface area contributed by atoms with Crippen molar-refractivity contribution in [2.75, 3.05) is 50.9 Å². The highest BCUT2D eigenvalue weighted by Crippen LogP contribution is 2.36. The Hall–Kier alpha value is -1.17. The lowest BCUT2D eigenvalue weighted by Gasteiger charge is -2.38. The Kier molecular flexibility index (Phi) is 5.54. The Morgan fingerprint density at radius 2 is 2.08 bits per heavy atom. The van der Waals surface area contributed by atoms with Crippen LogP contribution >= 0.6 is 0 Å². The van der Waals surface area contributed by atoms with E-state index in [0.29, 0.717) is 18.1 Å².